The first-order valence-electron chi connectivity index (χ1n) is 14.6. The molecule has 2 heterocycles. The number of carbonyl (C=O) groups excluding carboxylic acids is 2. The van der Waals surface area contributed by atoms with E-state index in [9.17, 15) is 18.0 Å². The predicted octanol–water partition coefficient (Wildman–Crippen LogP) is 5.89. The molecule has 0 unspecified atom stereocenters. The monoisotopic (exact) mass is 628 g/mol. The molecule has 2 aromatic carbocycles. The summed E-state index contributed by atoms with van der Waals surface area (Å²) in [4.78, 5) is 27.9. The van der Waals surface area contributed by atoms with Gasteiger partial charge in [0.25, 0.3) is 5.91 Å². The van der Waals surface area contributed by atoms with Crippen molar-refractivity contribution >= 4 is 44.3 Å². The van der Waals surface area contributed by atoms with Gasteiger partial charge in [-0.2, -0.15) is 0 Å². The number of nitrogens with one attached hydrogen (secondary N) is 2. The van der Waals surface area contributed by atoms with E-state index in [1.165, 1.54) is 7.11 Å². The van der Waals surface area contributed by atoms with Crippen molar-refractivity contribution in [1.29, 1.82) is 0 Å². The molecule has 240 valence electrons. The number of methoxy groups -OCH3 is 1. The van der Waals surface area contributed by atoms with Crippen LogP contribution in [0.1, 0.15) is 70.4 Å². The van der Waals surface area contributed by atoms with Gasteiger partial charge >= 0.3 is 6.09 Å². The lowest BCUT2D eigenvalue weighted by atomic mass is 9.86. The van der Waals surface area contributed by atoms with Gasteiger partial charge in [0, 0.05) is 38.4 Å². The number of para-hydroxylation sites is 1. The van der Waals surface area contributed by atoms with Crippen LogP contribution in [0.3, 0.4) is 0 Å². The number of carbonyl (C=O) groups is 2. The van der Waals surface area contributed by atoms with E-state index in [2.05, 4.69) is 10.0 Å². The molecule has 0 aliphatic carbocycles. The van der Waals surface area contributed by atoms with E-state index in [0.29, 0.717) is 43.1 Å². The van der Waals surface area contributed by atoms with Crippen LogP contribution in [0.4, 0.5) is 16.2 Å². The molecule has 0 radical (unpaired) electrons. The van der Waals surface area contributed by atoms with Crippen LogP contribution in [0.25, 0.3) is 10.9 Å². The largest absolute Gasteiger partial charge is 0.492 e. The molecule has 0 spiro atoms. The fourth-order valence-electron chi connectivity index (χ4n) is 5.19. The normalized spacial score (nSPS) is 14.8. The van der Waals surface area contributed by atoms with Gasteiger partial charge in [0.15, 0.2) is 5.75 Å². The first kappa shape index (κ1) is 33.0. The number of hydrogen-bond donors (Lipinski definition) is 2. The van der Waals surface area contributed by atoms with E-state index in [4.69, 9.17) is 14.2 Å². The second kappa shape index (κ2) is 12.2. The average molecular weight is 629 g/mol. The van der Waals surface area contributed by atoms with Crippen molar-refractivity contribution in [3.05, 3.63) is 47.7 Å². The summed E-state index contributed by atoms with van der Waals surface area (Å²) in [5.74, 6) is 0.457. The van der Waals surface area contributed by atoms with E-state index in [1.807, 2.05) is 59.7 Å². The number of sulfonamides is 1. The van der Waals surface area contributed by atoms with Crippen LogP contribution >= 0.6 is 0 Å². The molecule has 1 fully saturated rings. The van der Waals surface area contributed by atoms with Crippen molar-refractivity contribution in [2.75, 3.05) is 36.5 Å². The Morgan fingerprint density at radius 3 is 2.18 bits per heavy atom. The molecule has 1 saturated heterocycles. The lowest BCUT2D eigenvalue weighted by Crippen LogP contribution is -2.44. The summed E-state index contributed by atoms with van der Waals surface area (Å²) in [6.07, 6.45) is 1.95. The number of aryl methyl sites for hydroxylation is 1. The summed E-state index contributed by atoms with van der Waals surface area (Å²) in [6, 6.07) is 11.0. The molecule has 11 nitrogen and oxygen atoms in total. The van der Waals surface area contributed by atoms with Crippen LogP contribution in [0.5, 0.6) is 11.5 Å². The zero-order valence-electron chi connectivity index (χ0n) is 27.0. The Bertz CT molecular complexity index is 1660. The Morgan fingerprint density at radius 2 is 1.61 bits per heavy atom. The summed E-state index contributed by atoms with van der Waals surface area (Å²) in [6.45, 7) is 12.6. The number of benzene rings is 2. The van der Waals surface area contributed by atoms with Crippen LogP contribution in [0, 0.1) is 0 Å². The maximum absolute atomic E-state index is 13.7. The summed E-state index contributed by atoms with van der Waals surface area (Å²) in [7, 11) is -0.387. The van der Waals surface area contributed by atoms with Gasteiger partial charge in [-0.15, -0.1) is 0 Å². The van der Waals surface area contributed by atoms with Crippen LogP contribution in [-0.4, -0.2) is 68.0 Å². The van der Waals surface area contributed by atoms with Gasteiger partial charge < -0.3 is 29.0 Å². The Morgan fingerprint density at radius 1 is 0.977 bits per heavy atom. The number of hydrogen-bond acceptors (Lipinski definition) is 7. The SMILES string of the molecule is COc1c(NC(=O)c2cc3cccc(OC4CCN(C(=O)OC(C)(C)C)CC4)c3n2C)cc(C(C)(C)C)cc1NS(C)(=O)=O. The summed E-state index contributed by atoms with van der Waals surface area (Å²) in [5, 5.41) is 3.77. The highest BCUT2D eigenvalue weighted by Crippen LogP contribution is 2.40. The molecule has 0 bridgehead atoms. The van der Waals surface area contributed by atoms with Gasteiger partial charge in [0.05, 0.1) is 30.3 Å². The molecule has 4 rings (SSSR count). The number of amides is 2. The third-order valence-corrected chi connectivity index (χ3v) is 7.93. The van der Waals surface area contributed by atoms with Crippen molar-refractivity contribution in [3.63, 3.8) is 0 Å². The third kappa shape index (κ3) is 7.77. The van der Waals surface area contributed by atoms with Crippen molar-refractivity contribution < 1.29 is 32.2 Å². The van der Waals surface area contributed by atoms with E-state index < -0.39 is 21.5 Å². The standard InChI is InChI=1S/C32H44N4O7S/c1-31(2,3)21-18-23(28(41-8)24(19-21)34-44(9,39)40)33-29(37)25-17-20-11-10-12-26(27(20)35(25)7)42-22-13-15-36(16-14-22)30(38)43-32(4,5)6/h10-12,17-19,22,34H,13-16H2,1-9H3,(H,33,37). The third-order valence-electron chi connectivity index (χ3n) is 7.34. The summed E-state index contributed by atoms with van der Waals surface area (Å²) >= 11 is 0. The molecule has 0 atom stereocenters. The first-order valence-corrected chi connectivity index (χ1v) is 16.5. The van der Waals surface area contributed by atoms with E-state index in [0.717, 1.165) is 22.7 Å². The quantitative estimate of drug-likeness (QED) is 0.334. The van der Waals surface area contributed by atoms with Gasteiger partial charge in [-0.1, -0.05) is 32.9 Å². The highest BCUT2D eigenvalue weighted by atomic mass is 32.2. The van der Waals surface area contributed by atoms with E-state index >= 15 is 0 Å². The molecular formula is C32H44N4O7S. The van der Waals surface area contributed by atoms with E-state index in [1.54, 1.807) is 34.7 Å². The number of piperidine rings is 1. The van der Waals surface area contributed by atoms with Gasteiger partial charge in [-0.05, 0) is 56.0 Å². The zero-order valence-corrected chi connectivity index (χ0v) is 27.8. The lowest BCUT2D eigenvalue weighted by molar-refractivity contribution is 0.0127. The minimum atomic E-state index is -3.61. The summed E-state index contributed by atoms with van der Waals surface area (Å²) in [5.41, 5.74) is 1.66. The minimum Gasteiger partial charge on any atom is -0.492 e. The molecule has 1 aliphatic heterocycles. The molecule has 2 N–H and O–H groups in total. The van der Waals surface area contributed by atoms with Gasteiger partial charge in [0.1, 0.15) is 23.1 Å². The van der Waals surface area contributed by atoms with Crippen molar-refractivity contribution in [3.8, 4) is 11.5 Å². The number of rotatable bonds is 7. The topological polar surface area (TPSA) is 128 Å². The number of anilines is 2. The molecule has 1 aliphatic rings. The number of ether oxygens (including phenoxy) is 3. The van der Waals surface area contributed by atoms with Crippen molar-refractivity contribution in [1.82, 2.24) is 9.47 Å². The molecule has 44 heavy (non-hydrogen) atoms. The molecule has 3 aromatic rings. The van der Waals surface area contributed by atoms with Gasteiger partial charge in [0.2, 0.25) is 10.0 Å². The number of nitrogens with zero attached hydrogens (tertiary/aromatic N) is 2. The molecule has 1 aromatic heterocycles. The maximum atomic E-state index is 13.7. The second-order valence-electron chi connectivity index (χ2n) is 13.3. The molecule has 0 saturated carbocycles. The van der Waals surface area contributed by atoms with Crippen LogP contribution in [0.15, 0.2) is 36.4 Å². The first-order chi connectivity index (χ1) is 20.4. The average Bonchev–Trinajstić information content (AvgIpc) is 3.24. The minimum absolute atomic E-state index is 0.100. The number of aromatic nitrogens is 1. The Balaban J connectivity index is 1.59. The fraction of sp³-hybridized carbons (Fsp3) is 0.500. The Hall–Kier alpha value is -3.93. The predicted molar refractivity (Wildman–Crippen MR) is 172 cm³/mol. The number of likely N-dealkylation sites (tertiary alicyclic amines) is 1. The van der Waals surface area contributed by atoms with Crippen molar-refractivity contribution in [2.24, 2.45) is 7.05 Å². The summed E-state index contributed by atoms with van der Waals surface area (Å²) < 4.78 is 46.0. The van der Waals surface area contributed by atoms with Gasteiger partial charge in [-0.25, -0.2) is 13.2 Å². The lowest BCUT2D eigenvalue weighted by Gasteiger charge is -2.33. The molecular weight excluding hydrogens is 584 g/mol. The molecule has 12 heteroatoms. The van der Waals surface area contributed by atoms with Crippen LogP contribution < -0.4 is 19.5 Å². The smallest absolute Gasteiger partial charge is 0.410 e. The Kier molecular flexibility index (Phi) is 9.16. The highest BCUT2D eigenvalue weighted by molar-refractivity contribution is 7.92. The Labute approximate surface area is 259 Å². The highest BCUT2D eigenvalue weighted by Gasteiger charge is 2.29. The maximum Gasteiger partial charge on any atom is 0.410 e. The second-order valence-corrected chi connectivity index (χ2v) is 15.0. The van der Waals surface area contributed by atoms with E-state index in [-0.39, 0.29) is 29.0 Å². The van der Waals surface area contributed by atoms with Gasteiger partial charge in [-0.3, -0.25) is 9.52 Å². The zero-order chi connectivity index (χ0) is 32.6. The molecule has 2 amide bonds. The van der Waals surface area contributed by atoms with Crippen LogP contribution in [0.2, 0.25) is 0 Å². The van der Waals surface area contributed by atoms with Crippen molar-refractivity contribution in [2.45, 2.75) is 71.5 Å². The van der Waals surface area contributed by atoms with Crippen LogP contribution in [-0.2, 0) is 27.2 Å². The fourth-order valence-corrected chi connectivity index (χ4v) is 5.74. The number of fused-ring (bicyclic) bond motifs is 1.